The molecule has 2 aromatic rings. The zero-order valence-corrected chi connectivity index (χ0v) is 17.7. The number of amides is 2. The van der Waals surface area contributed by atoms with Crippen molar-refractivity contribution in [3.8, 4) is 0 Å². The number of nitrogens with one attached hydrogen (secondary N) is 1. The van der Waals surface area contributed by atoms with Crippen molar-refractivity contribution in [2.45, 2.75) is 11.1 Å². The first-order valence-corrected chi connectivity index (χ1v) is 11.3. The summed E-state index contributed by atoms with van der Waals surface area (Å²) >= 11 is 4.37. The second-order valence-corrected chi connectivity index (χ2v) is 10.4. The van der Waals surface area contributed by atoms with Gasteiger partial charge >= 0.3 is 0 Å². The van der Waals surface area contributed by atoms with Crippen molar-refractivity contribution in [2.75, 3.05) is 30.9 Å². The molecule has 0 bridgehead atoms. The minimum atomic E-state index is -3.65. The van der Waals surface area contributed by atoms with Crippen LogP contribution in [0.3, 0.4) is 0 Å². The molecule has 2 amide bonds. The summed E-state index contributed by atoms with van der Waals surface area (Å²) in [5.41, 5.74) is 0.866. The van der Waals surface area contributed by atoms with E-state index in [9.17, 15) is 18.0 Å². The number of carbonyl (C=O) groups is 2. The van der Waals surface area contributed by atoms with E-state index >= 15 is 0 Å². The van der Waals surface area contributed by atoms with Crippen molar-refractivity contribution < 1.29 is 18.0 Å². The number of rotatable bonds is 4. The van der Waals surface area contributed by atoms with Crippen LogP contribution in [0.4, 0.5) is 5.69 Å². The highest BCUT2D eigenvalue weighted by molar-refractivity contribution is 9.11. The highest BCUT2D eigenvalue weighted by Crippen LogP contribution is 2.27. The first-order valence-electron chi connectivity index (χ1n) is 8.19. The quantitative estimate of drug-likeness (QED) is 0.742. The van der Waals surface area contributed by atoms with E-state index in [-0.39, 0.29) is 16.0 Å². The fraction of sp³-hybridized carbons (Fsp3) is 0.294. The summed E-state index contributed by atoms with van der Waals surface area (Å²) in [5, 5.41) is 0. The van der Waals surface area contributed by atoms with E-state index in [1.54, 1.807) is 40.1 Å². The normalized spacial score (nSPS) is 14.9. The van der Waals surface area contributed by atoms with E-state index in [0.717, 1.165) is 15.1 Å². The molecule has 0 atom stereocenters. The van der Waals surface area contributed by atoms with Gasteiger partial charge < -0.3 is 9.80 Å². The molecule has 144 valence electrons. The number of hydrogen-bond donors (Lipinski definition) is 1. The first-order chi connectivity index (χ1) is 12.8. The Morgan fingerprint density at radius 2 is 1.59 bits per heavy atom. The third kappa shape index (κ3) is 4.69. The van der Waals surface area contributed by atoms with Crippen molar-refractivity contribution in [1.82, 2.24) is 9.80 Å². The molecule has 1 fully saturated rings. The fourth-order valence-corrected chi connectivity index (χ4v) is 5.80. The van der Waals surface area contributed by atoms with Gasteiger partial charge in [0.05, 0.1) is 3.79 Å². The standard InChI is InChI=1S/C17H18BrN3O4S2/c1-12(22)20-8-10-21(11-9-20)17(23)13-2-4-14(5-3-13)19-27(24,25)16-7-6-15(18)26-16/h2-7,19H,8-11H2,1H3. The van der Waals surface area contributed by atoms with Gasteiger partial charge in [0.25, 0.3) is 15.9 Å². The number of halogens is 1. The van der Waals surface area contributed by atoms with Crippen LogP contribution in [0.2, 0.25) is 0 Å². The Bertz CT molecular complexity index is 949. The number of piperazine rings is 1. The van der Waals surface area contributed by atoms with Gasteiger partial charge in [0.2, 0.25) is 5.91 Å². The van der Waals surface area contributed by atoms with Crippen molar-refractivity contribution >= 4 is 54.8 Å². The van der Waals surface area contributed by atoms with Crippen LogP contribution in [0.25, 0.3) is 0 Å². The fourth-order valence-electron chi connectivity index (χ4n) is 2.74. The summed E-state index contributed by atoms with van der Waals surface area (Å²) in [4.78, 5) is 27.4. The van der Waals surface area contributed by atoms with Gasteiger partial charge in [-0.05, 0) is 52.3 Å². The monoisotopic (exact) mass is 471 g/mol. The van der Waals surface area contributed by atoms with Gasteiger partial charge in [-0.25, -0.2) is 8.42 Å². The van der Waals surface area contributed by atoms with Gasteiger partial charge in [-0.3, -0.25) is 14.3 Å². The van der Waals surface area contributed by atoms with Crippen molar-refractivity contribution in [3.05, 3.63) is 45.7 Å². The molecule has 0 spiro atoms. The van der Waals surface area contributed by atoms with Gasteiger partial charge in [0, 0.05) is 44.4 Å². The molecule has 0 unspecified atom stereocenters. The maximum absolute atomic E-state index is 12.6. The Morgan fingerprint density at radius 3 is 2.11 bits per heavy atom. The van der Waals surface area contributed by atoms with Crippen LogP contribution < -0.4 is 4.72 Å². The number of benzene rings is 1. The summed E-state index contributed by atoms with van der Waals surface area (Å²) in [6, 6.07) is 9.53. The molecule has 1 saturated heterocycles. The first kappa shape index (κ1) is 19.8. The molecule has 1 aromatic heterocycles. The topological polar surface area (TPSA) is 86.8 Å². The van der Waals surface area contributed by atoms with E-state index in [4.69, 9.17) is 0 Å². The number of sulfonamides is 1. The summed E-state index contributed by atoms with van der Waals surface area (Å²) in [6.45, 7) is 3.54. The van der Waals surface area contributed by atoms with E-state index in [1.807, 2.05) is 0 Å². The molecule has 1 N–H and O–H groups in total. The molecule has 3 rings (SSSR count). The van der Waals surface area contributed by atoms with E-state index in [2.05, 4.69) is 20.7 Å². The average Bonchev–Trinajstić information content (AvgIpc) is 3.09. The van der Waals surface area contributed by atoms with E-state index < -0.39 is 10.0 Å². The number of nitrogens with zero attached hydrogens (tertiary/aromatic N) is 2. The van der Waals surface area contributed by atoms with Crippen molar-refractivity contribution in [2.24, 2.45) is 0 Å². The molecule has 27 heavy (non-hydrogen) atoms. The Morgan fingerprint density at radius 1 is 1.00 bits per heavy atom. The summed E-state index contributed by atoms with van der Waals surface area (Å²) < 4.78 is 28.1. The third-order valence-corrected chi connectivity index (χ3v) is 7.71. The zero-order chi connectivity index (χ0) is 19.6. The molecule has 1 aliphatic heterocycles. The van der Waals surface area contributed by atoms with Crippen molar-refractivity contribution in [1.29, 1.82) is 0 Å². The highest BCUT2D eigenvalue weighted by atomic mass is 79.9. The second kappa shape index (κ2) is 7.99. The number of thiophene rings is 1. The van der Waals surface area contributed by atoms with Crippen LogP contribution >= 0.6 is 27.3 Å². The summed E-state index contributed by atoms with van der Waals surface area (Å²) in [5.74, 6) is -0.119. The Kier molecular flexibility index (Phi) is 5.87. The second-order valence-electron chi connectivity index (χ2n) is 6.04. The van der Waals surface area contributed by atoms with Crippen LogP contribution in [0, 0.1) is 0 Å². The smallest absolute Gasteiger partial charge is 0.271 e. The van der Waals surface area contributed by atoms with Gasteiger partial charge in [-0.15, -0.1) is 11.3 Å². The molecule has 0 radical (unpaired) electrons. The highest BCUT2D eigenvalue weighted by Gasteiger charge is 2.23. The maximum atomic E-state index is 12.6. The lowest BCUT2D eigenvalue weighted by molar-refractivity contribution is -0.130. The summed E-state index contributed by atoms with van der Waals surface area (Å²) in [7, 11) is -3.65. The van der Waals surface area contributed by atoms with Gasteiger partial charge in [0.15, 0.2) is 0 Å². The molecule has 2 heterocycles. The molecule has 0 saturated carbocycles. The van der Waals surface area contributed by atoms with Gasteiger partial charge in [-0.1, -0.05) is 0 Å². The number of carbonyl (C=O) groups excluding carboxylic acids is 2. The largest absolute Gasteiger partial charge is 0.339 e. The molecule has 0 aliphatic carbocycles. The zero-order valence-electron chi connectivity index (χ0n) is 14.5. The average molecular weight is 472 g/mol. The molecular weight excluding hydrogens is 454 g/mol. The van der Waals surface area contributed by atoms with Gasteiger partial charge in [-0.2, -0.15) is 0 Å². The van der Waals surface area contributed by atoms with Crippen LogP contribution in [-0.2, 0) is 14.8 Å². The Hall–Kier alpha value is -1.91. The van der Waals surface area contributed by atoms with Crippen LogP contribution in [0.1, 0.15) is 17.3 Å². The maximum Gasteiger partial charge on any atom is 0.271 e. The lowest BCUT2D eigenvalue weighted by Crippen LogP contribution is -2.50. The van der Waals surface area contributed by atoms with Crippen LogP contribution in [0.15, 0.2) is 44.4 Å². The SMILES string of the molecule is CC(=O)N1CCN(C(=O)c2ccc(NS(=O)(=O)c3ccc(Br)s3)cc2)CC1. The van der Waals surface area contributed by atoms with Crippen molar-refractivity contribution in [3.63, 3.8) is 0 Å². The predicted molar refractivity (Wildman–Crippen MR) is 107 cm³/mol. The molecule has 1 aromatic carbocycles. The number of anilines is 1. The Balaban J connectivity index is 1.65. The minimum Gasteiger partial charge on any atom is -0.339 e. The third-order valence-electron chi connectivity index (χ3n) is 4.21. The van der Waals surface area contributed by atoms with Crippen LogP contribution in [0.5, 0.6) is 0 Å². The van der Waals surface area contributed by atoms with Crippen LogP contribution in [-0.4, -0.2) is 56.2 Å². The predicted octanol–water partition coefficient (Wildman–Crippen LogP) is 2.62. The molecule has 1 aliphatic rings. The molecule has 10 heteroatoms. The number of hydrogen-bond acceptors (Lipinski definition) is 5. The Labute approximate surface area is 170 Å². The van der Waals surface area contributed by atoms with E-state index in [0.29, 0.717) is 37.4 Å². The summed E-state index contributed by atoms with van der Waals surface area (Å²) in [6.07, 6.45) is 0. The lowest BCUT2D eigenvalue weighted by Gasteiger charge is -2.34. The minimum absolute atomic E-state index is 0.0107. The molecular formula is C17H18BrN3O4S2. The molecule has 7 nitrogen and oxygen atoms in total. The van der Waals surface area contributed by atoms with Gasteiger partial charge in [0.1, 0.15) is 4.21 Å². The van der Waals surface area contributed by atoms with E-state index in [1.165, 1.54) is 13.0 Å². The lowest BCUT2D eigenvalue weighted by atomic mass is 10.1.